The molecule has 154 valence electrons. The molecule has 8 heteroatoms. The van der Waals surface area contributed by atoms with Gasteiger partial charge in [0.15, 0.2) is 5.65 Å². The second-order valence-electron chi connectivity index (χ2n) is 7.70. The van der Waals surface area contributed by atoms with Gasteiger partial charge in [-0.3, -0.25) is 4.79 Å². The Bertz CT molecular complexity index is 971. The fraction of sp³-hybridized carbons (Fsp3) is 0.476. The van der Waals surface area contributed by atoms with E-state index in [0.717, 1.165) is 46.7 Å². The minimum Gasteiger partial charge on any atom is -0.382 e. The van der Waals surface area contributed by atoms with E-state index in [1.54, 1.807) is 4.52 Å². The van der Waals surface area contributed by atoms with Crippen molar-refractivity contribution in [3.63, 3.8) is 0 Å². The van der Waals surface area contributed by atoms with Gasteiger partial charge in [-0.1, -0.05) is 13.8 Å². The standard InChI is InChI=1S/C21H28N6OS/c1-3-16(4-2)26-21(28)19-7-15(13-29-19)18-11-25-27-12-17(10-24-20(18)27)23-9-14-5-6-22-8-14/h7,10-14,16,22-23H,3-6,8-9H2,1-2H3,(H,26,28)/p+1. The van der Waals surface area contributed by atoms with E-state index >= 15 is 0 Å². The van der Waals surface area contributed by atoms with Gasteiger partial charge >= 0.3 is 0 Å². The average molecular weight is 414 g/mol. The molecule has 1 amide bonds. The van der Waals surface area contributed by atoms with Crippen molar-refractivity contribution in [3.05, 3.63) is 34.9 Å². The summed E-state index contributed by atoms with van der Waals surface area (Å²) >= 11 is 1.46. The van der Waals surface area contributed by atoms with E-state index < -0.39 is 0 Å². The summed E-state index contributed by atoms with van der Waals surface area (Å²) < 4.78 is 1.81. The van der Waals surface area contributed by atoms with Crippen LogP contribution >= 0.6 is 11.3 Å². The van der Waals surface area contributed by atoms with Gasteiger partial charge in [0.25, 0.3) is 5.91 Å². The highest BCUT2D eigenvalue weighted by molar-refractivity contribution is 7.12. The number of rotatable bonds is 8. The SMILES string of the molecule is CCC(CC)NC(=O)c1cc(-c2cnn3cc(NCC4CC[NH2+]C4)cnc23)cs1. The fourth-order valence-corrected chi connectivity index (χ4v) is 4.60. The molecule has 1 saturated heterocycles. The van der Waals surface area contributed by atoms with Crippen LogP contribution in [-0.4, -0.2) is 46.2 Å². The molecule has 0 spiro atoms. The molecule has 0 aromatic carbocycles. The molecule has 0 saturated carbocycles. The van der Waals surface area contributed by atoms with Crippen LogP contribution < -0.4 is 16.0 Å². The van der Waals surface area contributed by atoms with Crippen molar-refractivity contribution in [1.29, 1.82) is 0 Å². The number of carbonyl (C=O) groups is 1. The summed E-state index contributed by atoms with van der Waals surface area (Å²) in [5.74, 6) is 0.712. The van der Waals surface area contributed by atoms with Gasteiger partial charge in [0, 0.05) is 30.5 Å². The lowest BCUT2D eigenvalue weighted by molar-refractivity contribution is -0.637. The molecule has 1 unspecified atom stereocenters. The quantitative estimate of drug-likeness (QED) is 0.529. The number of nitrogens with zero attached hydrogens (tertiary/aromatic N) is 3. The lowest BCUT2D eigenvalue weighted by atomic mass is 10.1. The lowest BCUT2D eigenvalue weighted by Crippen LogP contribution is -2.81. The molecule has 4 heterocycles. The summed E-state index contributed by atoms with van der Waals surface area (Å²) in [5, 5.41) is 15.4. The molecule has 0 radical (unpaired) electrons. The number of amides is 1. The van der Waals surface area contributed by atoms with Crippen molar-refractivity contribution >= 4 is 28.6 Å². The molecule has 3 aromatic heterocycles. The van der Waals surface area contributed by atoms with E-state index in [1.807, 2.05) is 30.0 Å². The maximum Gasteiger partial charge on any atom is 0.261 e. The van der Waals surface area contributed by atoms with Crippen molar-refractivity contribution in [3.8, 4) is 11.1 Å². The Hall–Kier alpha value is -2.45. The van der Waals surface area contributed by atoms with Crippen molar-refractivity contribution in [1.82, 2.24) is 19.9 Å². The number of fused-ring (bicyclic) bond motifs is 1. The molecule has 1 aliphatic heterocycles. The van der Waals surface area contributed by atoms with Gasteiger partial charge in [-0.25, -0.2) is 9.50 Å². The molecule has 1 aliphatic rings. The summed E-state index contributed by atoms with van der Waals surface area (Å²) in [6.07, 6.45) is 8.81. The van der Waals surface area contributed by atoms with Crippen LogP contribution in [0.15, 0.2) is 30.0 Å². The predicted molar refractivity (Wildman–Crippen MR) is 116 cm³/mol. The van der Waals surface area contributed by atoms with Crippen molar-refractivity contribution in [2.45, 2.75) is 39.2 Å². The molecule has 7 nitrogen and oxygen atoms in total. The largest absolute Gasteiger partial charge is 0.382 e. The molecule has 3 aromatic rings. The van der Waals surface area contributed by atoms with Gasteiger partial charge in [-0.2, -0.15) is 5.10 Å². The van der Waals surface area contributed by atoms with Gasteiger partial charge in [-0.05, 0) is 29.9 Å². The topological polar surface area (TPSA) is 87.9 Å². The normalized spacial score (nSPS) is 16.6. The van der Waals surface area contributed by atoms with E-state index in [0.29, 0.717) is 5.92 Å². The molecule has 1 fully saturated rings. The molecule has 0 bridgehead atoms. The van der Waals surface area contributed by atoms with Crippen molar-refractivity contribution < 1.29 is 10.1 Å². The smallest absolute Gasteiger partial charge is 0.261 e. The number of carbonyl (C=O) groups excluding carboxylic acids is 1. The predicted octanol–water partition coefficient (Wildman–Crippen LogP) is 2.37. The Labute approximate surface area is 174 Å². The minimum absolute atomic E-state index is 0.00460. The first-order valence-electron chi connectivity index (χ1n) is 10.5. The summed E-state index contributed by atoms with van der Waals surface area (Å²) in [7, 11) is 0. The first-order chi connectivity index (χ1) is 14.2. The maximum absolute atomic E-state index is 12.5. The molecule has 29 heavy (non-hydrogen) atoms. The Morgan fingerprint density at radius 1 is 1.38 bits per heavy atom. The van der Waals surface area contributed by atoms with Crippen LogP contribution in [0.3, 0.4) is 0 Å². The Morgan fingerprint density at radius 2 is 2.24 bits per heavy atom. The van der Waals surface area contributed by atoms with Crippen LogP contribution in [-0.2, 0) is 0 Å². The minimum atomic E-state index is -0.00460. The molecule has 1 atom stereocenters. The Balaban J connectivity index is 1.48. The zero-order valence-corrected chi connectivity index (χ0v) is 17.8. The highest BCUT2D eigenvalue weighted by Crippen LogP contribution is 2.29. The van der Waals surface area contributed by atoms with E-state index in [9.17, 15) is 4.79 Å². The van der Waals surface area contributed by atoms with Gasteiger partial charge in [-0.15, -0.1) is 11.3 Å². The van der Waals surface area contributed by atoms with Crippen LogP contribution in [0.5, 0.6) is 0 Å². The van der Waals surface area contributed by atoms with Crippen LogP contribution in [0.2, 0.25) is 0 Å². The number of nitrogens with one attached hydrogen (secondary N) is 2. The van der Waals surface area contributed by atoms with E-state index in [-0.39, 0.29) is 11.9 Å². The molecule has 4 N–H and O–H groups in total. The Morgan fingerprint density at radius 3 is 3.00 bits per heavy atom. The number of aromatic nitrogens is 3. The summed E-state index contributed by atoms with van der Waals surface area (Å²) in [6.45, 7) is 7.57. The summed E-state index contributed by atoms with van der Waals surface area (Å²) in [4.78, 5) is 17.8. The fourth-order valence-electron chi connectivity index (χ4n) is 3.79. The third-order valence-electron chi connectivity index (χ3n) is 5.69. The number of anilines is 1. The van der Waals surface area contributed by atoms with Crippen molar-refractivity contribution in [2.75, 3.05) is 25.0 Å². The highest BCUT2D eigenvalue weighted by atomic mass is 32.1. The number of hydrogen-bond donors (Lipinski definition) is 3. The molecular weight excluding hydrogens is 384 g/mol. The first kappa shape index (κ1) is 19.8. The number of hydrogen-bond acceptors (Lipinski definition) is 5. The van der Waals surface area contributed by atoms with Gasteiger partial charge in [0.2, 0.25) is 0 Å². The zero-order chi connectivity index (χ0) is 20.2. The van der Waals surface area contributed by atoms with Crippen LogP contribution in [0.25, 0.3) is 16.8 Å². The van der Waals surface area contributed by atoms with Gasteiger partial charge in [0.1, 0.15) is 0 Å². The third-order valence-corrected chi connectivity index (χ3v) is 6.61. The van der Waals surface area contributed by atoms with E-state index in [4.69, 9.17) is 0 Å². The highest BCUT2D eigenvalue weighted by Gasteiger charge is 2.18. The number of quaternary nitrogens is 1. The Kier molecular flexibility index (Phi) is 6.10. The van der Waals surface area contributed by atoms with Crippen LogP contribution in [0.1, 0.15) is 42.8 Å². The average Bonchev–Trinajstić information content (AvgIpc) is 3.50. The maximum atomic E-state index is 12.5. The van der Waals surface area contributed by atoms with Crippen LogP contribution in [0.4, 0.5) is 5.69 Å². The van der Waals surface area contributed by atoms with Gasteiger partial charge < -0.3 is 16.0 Å². The first-order valence-corrected chi connectivity index (χ1v) is 11.3. The molecular formula is C21H29N6OS+. The monoisotopic (exact) mass is 413 g/mol. The zero-order valence-electron chi connectivity index (χ0n) is 17.0. The van der Waals surface area contributed by atoms with E-state index in [2.05, 4.69) is 39.9 Å². The second-order valence-corrected chi connectivity index (χ2v) is 8.62. The second kappa shape index (κ2) is 8.92. The third kappa shape index (κ3) is 4.43. The van der Waals surface area contributed by atoms with Crippen LogP contribution in [0, 0.1) is 5.92 Å². The van der Waals surface area contributed by atoms with Crippen molar-refractivity contribution in [2.24, 2.45) is 5.92 Å². The summed E-state index contributed by atoms with van der Waals surface area (Å²) in [6, 6.07) is 2.16. The number of nitrogens with two attached hydrogens (primary N) is 1. The molecule has 0 aliphatic carbocycles. The van der Waals surface area contributed by atoms with Gasteiger partial charge in [0.05, 0.1) is 42.2 Å². The summed E-state index contributed by atoms with van der Waals surface area (Å²) in [5.41, 5.74) is 3.71. The number of thiophene rings is 1. The lowest BCUT2D eigenvalue weighted by Gasteiger charge is -2.13. The van der Waals surface area contributed by atoms with E-state index in [1.165, 1.54) is 30.8 Å². The molecule has 4 rings (SSSR count).